The van der Waals surface area contributed by atoms with Gasteiger partial charge in [0.1, 0.15) is 0 Å². The molecule has 2 atom stereocenters. The first-order valence-electron chi connectivity index (χ1n) is 7.55. The van der Waals surface area contributed by atoms with Gasteiger partial charge in [-0.05, 0) is 55.7 Å². The summed E-state index contributed by atoms with van der Waals surface area (Å²) in [7, 11) is 0. The van der Waals surface area contributed by atoms with Crippen molar-refractivity contribution < 1.29 is 0 Å². The van der Waals surface area contributed by atoms with Gasteiger partial charge in [0.15, 0.2) is 0 Å². The lowest BCUT2D eigenvalue weighted by Crippen LogP contribution is -2.35. The van der Waals surface area contributed by atoms with Crippen LogP contribution in [-0.4, -0.2) is 11.0 Å². The first kappa shape index (κ1) is 13.9. The van der Waals surface area contributed by atoms with Gasteiger partial charge >= 0.3 is 0 Å². The molecule has 0 amide bonds. The van der Waals surface area contributed by atoms with Crippen molar-refractivity contribution in [2.75, 3.05) is 5.32 Å². The lowest BCUT2D eigenvalue weighted by atomic mass is 9.70. The van der Waals surface area contributed by atoms with Crippen molar-refractivity contribution >= 4 is 27.2 Å². The fourth-order valence-corrected chi connectivity index (χ4v) is 4.69. The molecule has 20 heavy (non-hydrogen) atoms. The van der Waals surface area contributed by atoms with Gasteiger partial charge in [-0.15, -0.1) is 11.3 Å². The Kier molecular flexibility index (Phi) is 3.49. The molecule has 2 unspecified atom stereocenters. The highest BCUT2D eigenvalue weighted by molar-refractivity contribution is 7.18. The van der Waals surface area contributed by atoms with E-state index in [0.717, 1.165) is 16.4 Å². The second-order valence-corrected chi connectivity index (χ2v) is 8.40. The van der Waals surface area contributed by atoms with E-state index in [1.54, 1.807) is 11.3 Å². The van der Waals surface area contributed by atoms with Crippen LogP contribution in [0.5, 0.6) is 0 Å². The highest BCUT2D eigenvalue weighted by Gasteiger charge is 2.31. The number of benzene rings is 1. The number of nitrogens with zero attached hydrogens (tertiary/aromatic N) is 1. The number of aromatic nitrogens is 1. The summed E-state index contributed by atoms with van der Waals surface area (Å²) in [4.78, 5) is 4.53. The van der Waals surface area contributed by atoms with Crippen molar-refractivity contribution in [3.05, 3.63) is 23.2 Å². The topological polar surface area (TPSA) is 24.9 Å². The maximum absolute atomic E-state index is 4.53. The molecule has 1 aromatic heterocycles. The zero-order valence-corrected chi connectivity index (χ0v) is 13.7. The normalized spacial score (nSPS) is 25.8. The third-order valence-electron chi connectivity index (χ3n) is 4.25. The van der Waals surface area contributed by atoms with Crippen molar-refractivity contribution in [2.24, 2.45) is 11.3 Å². The van der Waals surface area contributed by atoms with Gasteiger partial charge < -0.3 is 5.32 Å². The Bertz CT molecular complexity index is 614. The molecule has 1 N–H and O–H groups in total. The lowest BCUT2D eigenvalue weighted by Gasteiger charge is -2.39. The standard InChI is InChI=1S/C17H24N2S/c1-11-7-14(10-17(3,4)9-11)19-13-5-6-15-16(8-13)20-12(2)18-15/h5-6,8,11,14,19H,7,9-10H2,1-4H3. The largest absolute Gasteiger partial charge is 0.382 e. The minimum atomic E-state index is 0.459. The maximum Gasteiger partial charge on any atom is 0.0907 e. The van der Waals surface area contributed by atoms with Crippen LogP contribution in [0.4, 0.5) is 5.69 Å². The summed E-state index contributed by atoms with van der Waals surface area (Å²) in [5.41, 5.74) is 2.83. The van der Waals surface area contributed by atoms with Crippen LogP contribution in [0, 0.1) is 18.3 Å². The summed E-state index contributed by atoms with van der Waals surface area (Å²) in [5, 5.41) is 4.89. The molecule has 1 aliphatic carbocycles. The highest BCUT2D eigenvalue weighted by Crippen LogP contribution is 2.39. The molecule has 1 heterocycles. The van der Waals surface area contributed by atoms with Gasteiger partial charge in [-0.25, -0.2) is 4.98 Å². The molecule has 3 heteroatoms. The quantitative estimate of drug-likeness (QED) is 0.818. The van der Waals surface area contributed by atoms with Gasteiger partial charge in [-0.1, -0.05) is 20.8 Å². The molecule has 0 aliphatic heterocycles. The molecule has 0 spiro atoms. The molecule has 0 radical (unpaired) electrons. The molecule has 0 saturated heterocycles. The summed E-state index contributed by atoms with van der Waals surface area (Å²) in [6.45, 7) is 9.24. The fourth-order valence-electron chi connectivity index (χ4n) is 3.82. The van der Waals surface area contributed by atoms with Crippen LogP contribution in [0.2, 0.25) is 0 Å². The maximum atomic E-state index is 4.53. The van der Waals surface area contributed by atoms with Crippen LogP contribution in [0.1, 0.15) is 45.0 Å². The van der Waals surface area contributed by atoms with Crippen LogP contribution in [-0.2, 0) is 0 Å². The van der Waals surface area contributed by atoms with Crippen LogP contribution < -0.4 is 5.32 Å². The van der Waals surface area contributed by atoms with E-state index in [-0.39, 0.29) is 0 Å². The van der Waals surface area contributed by atoms with E-state index in [1.807, 2.05) is 0 Å². The van der Waals surface area contributed by atoms with E-state index in [1.165, 1.54) is 29.6 Å². The van der Waals surface area contributed by atoms with Crippen LogP contribution in [0.15, 0.2) is 18.2 Å². The Labute approximate surface area is 125 Å². The van der Waals surface area contributed by atoms with Crippen LogP contribution in [0.25, 0.3) is 10.2 Å². The van der Waals surface area contributed by atoms with Crippen LogP contribution >= 0.6 is 11.3 Å². The number of hydrogen-bond donors (Lipinski definition) is 1. The number of fused-ring (bicyclic) bond motifs is 1. The van der Waals surface area contributed by atoms with Crippen molar-refractivity contribution in [1.29, 1.82) is 0 Å². The number of anilines is 1. The van der Waals surface area contributed by atoms with Crippen molar-refractivity contribution in [3.63, 3.8) is 0 Å². The molecule has 2 nitrogen and oxygen atoms in total. The molecule has 108 valence electrons. The second-order valence-electron chi connectivity index (χ2n) is 7.17. The first-order valence-corrected chi connectivity index (χ1v) is 8.37. The molecule has 1 aromatic carbocycles. The van der Waals surface area contributed by atoms with E-state index in [0.29, 0.717) is 11.5 Å². The Balaban J connectivity index is 1.78. The molecule has 0 bridgehead atoms. The minimum Gasteiger partial charge on any atom is -0.382 e. The summed E-state index contributed by atoms with van der Waals surface area (Å²) >= 11 is 1.78. The Morgan fingerprint density at radius 2 is 2.10 bits per heavy atom. The molecule has 1 fully saturated rings. The van der Waals surface area contributed by atoms with Gasteiger partial charge in [-0.2, -0.15) is 0 Å². The second kappa shape index (κ2) is 5.03. The first-order chi connectivity index (χ1) is 9.41. The average Bonchev–Trinajstić information content (AvgIpc) is 2.65. The third kappa shape index (κ3) is 2.98. The van der Waals surface area contributed by atoms with Crippen molar-refractivity contribution in [1.82, 2.24) is 4.98 Å². The van der Waals surface area contributed by atoms with Crippen molar-refractivity contribution in [3.8, 4) is 0 Å². The SMILES string of the molecule is Cc1nc2ccc(NC3CC(C)CC(C)(C)C3)cc2s1. The molecular formula is C17H24N2S. The number of nitrogens with one attached hydrogen (secondary N) is 1. The fraction of sp³-hybridized carbons (Fsp3) is 0.588. The van der Waals surface area contributed by atoms with E-state index >= 15 is 0 Å². The van der Waals surface area contributed by atoms with Gasteiger partial charge in [0.2, 0.25) is 0 Å². The Morgan fingerprint density at radius 1 is 1.30 bits per heavy atom. The summed E-state index contributed by atoms with van der Waals surface area (Å²) in [6.07, 6.45) is 3.89. The predicted octanol–water partition coefficient (Wildman–Crippen LogP) is 5.23. The van der Waals surface area contributed by atoms with Gasteiger partial charge in [-0.3, -0.25) is 0 Å². The summed E-state index contributed by atoms with van der Waals surface area (Å²) in [6, 6.07) is 7.17. The summed E-state index contributed by atoms with van der Waals surface area (Å²) in [5.74, 6) is 0.811. The smallest absolute Gasteiger partial charge is 0.0907 e. The zero-order chi connectivity index (χ0) is 14.3. The lowest BCUT2D eigenvalue weighted by molar-refractivity contribution is 0.178. The number of hydrogen-bond acceptors (Lipinski definition) is 3. The van der Waals surface area contributed by atoms with E-state index in [4.69, 9.17) is 0 Å². The van der Waals surface area contributed by atoms with E-state index < -0.39 is 0 Å². The highest BCUT2D eigenvalue weighted by atomic mass is 32.1. The molecule has 1 saturated carbocycles. The predicted molar refractivity (Wildman–Crippen MR) is 88.6 cm³/mol. The Morgan fingerprint density at radius 3 is 2.85 bits per heavy atom. The molecular weight excluding hydrogens is 264 g/mol. The average molecular weight is 288 g/mol. The molecule has 1 aliphatic rings. The van der Waals surface area contributed by atoms with Crippen LogP contribution in [0.3, 0.4) is 0 Å². The molecule has 3 rings (SSSR count). The Hall–Kier alpha value is -1.09. The number of aryl methyl sites for hydroxylation is 1. The number of rotatable bonds is 2. The summed E-state index contributed by atoms with van der Waals surface area (Å²) < 4.78 is 1.29. The van der Waals surface area contributed by atoms with E-state index in [2.05, 4.69) is 56.2 Å². The number of thiazole rings is 1. The van der Waals surface area contributed by atoms with E-state index in [9.17, 15) is 0 Å². The zero-order valence-electron chi connectivity index (χ0n) is 12.9. The molecule has 2 aromatic rings. The van der Waals surface area contributed by atoms with Gasteiger partial charge in [0.25, 0.3) is 0 Å². The van der Waals surface area contributed by atoms with Gasteiger partial charge in [0.05, 0.1) is 15.2 Å². The minimum absolute atomic E-state index is 0.459. The van der Waals surface area contributed by atoms with Crippen molar-refractivity contribution in [2.45, 2.75) is 53.0 Å². The third-order valence-corrected chi connectivity index (χ3v) is 5.19. The van der Waals surface area contributed by atoms with Gasteiger partial charge in [0, 0.05) is 11.7 Å². The monoisotopic (exact) mass is 288 g/mol.